The standard InChI is InChI=1S/C14H17ClN2O4/c15-12-8-9(4-5-11(12)13(19)20)16-14(21)17(6-7-18)10-2-1-3-10/h4-5,8,10,18H,1-3,6-7H2,(H,16,21)(H,19,20). The van der Waals surface area contributed by atoms with Gasteiger partial charge in [0.1, 0.15) is 0 Å². The molecule has 0 spiro atoms. The summed E-state index contributed by atoms with van der Waals surface area (Å²) in [5.41, 5.74) is 0.415. The van der Waals surface area contributed by atoms with Crippen LogP contribution in [0.1, 0.15) is 29.6 Å². The Morgan fingerprint density at radius 1 is 1.38 bits per heavy atom. The molecular weight excluding hydrogens is 296 g/mol. The van der Waals surface area contributed by atoms with Crippen LogP contribution in [0.25, 0.3) is 0 Å². The SMILES string of the molecule is O=C(O)c1ccc(NC(=O)N(CCO)C2CCC2)cc1Cl. The summed E-state index contributed by atoms with van der Waals surface area (Å²) in [5.74, 6) is -1.12. The number of anilines is 1. The predicted octanol–water partition coefficient (Wildman–Crippen LogP) is 2.42. The molecule has 0 radical (unpaired) electrons. The number of hydrogen-bond donors (Lipinski definition) is 3. The molecule has 3 N–H and O–H groups in total. The van der Waals surface area contributed by atoms with Crippen molar-refractivity contribution >= 4 is 29.3 Å². The zero-order valence-electron chi connectivity index (χ0n) is 11.4. The molecule has 1 aromatic carbocycles. The van der Waals surface area contributed by atoms with Gasteiger partial charge in [0.05, 0.1) is 17.2 Å². The Kier molecular flexibility index (Phi) is 5.03. The first-order valence-electron chi connectivity index (χ1n) is 6.74. The van der Waals surface area contributed by atoms with Crippen molar-refractivity contribution in [1.82, 2.24) is 4.90 Å². The molecule has 0 aromatic heterocycles. The Morgan fingerprint density at radius 2 is 2.10 bits per heavy atom. The maximum Gasteiger partial charge on any atom is 0.337 e. The van der Waals surface area contributed by atoms with Crippen LogP contribution in [-0.2, 0) is 0 Å². The summed E-state index contributed by atoms with van der Waals surface area (Å²) in [5, 5.41) is 20.7. The van der Waals surface area contributed by atoms with Gasteiger partial charge in [0.25, 0.3) is 0 Å². The normalized spacial score (nSPS) is 14.4. The predicted molar refractivity (Wildman–Crippen MR) is 78.9 cm³/mol. The van der Waals surface area contributed by atoms with Crippen LogP contribution in [-0.4, -0.2) is 46.3 Å². The summed E-state index contributed by atoms with van der Waals surface area (Å²) in [6, 6.07) is 4.09. The monoisotopic (exact) mass is 312 g/mol. The van der Waals surface area contributed by atoms with Gasteiger partial charge in [0.15, 0.2) is 0 Å². The van der Waals surface area contributed by atoms with Gasteiger partial charge in [-0.25, -0.2) is 9.59 Å². The molecule has 7 heteroatoms. The van der Waals surface area contributed by atoms with Gasteiger partial charge in [-0.15, -0.1) is 0 Å². The van der Waals surface area contributed by atoms with E-state index in [2.05, 4.69) is 5.32 Å². The number of aliphatic hydroxyl groups is 1. The molecule has 1 aromatic rings. The Balaban J connectivity index is 2.07. The van der Waals surface area contributed by atoms with Crippen molar-refractivity contribution < 1.29 is 19.8 Å². The van der Waals surface area contributed by atoms with Crippen molar-refractivity contribution in [2.75, 3.05) is 18.5 Å². The maximum absolute atomic E-state index is 12.2. The number of aliphatic hydroxyl groups excluding tert-OH is 1. The van der Waals surface area contributed by atoms with Crippen LogP contribution >= 0.6 is 11.6 Å². The lowest BCUT2D eigenvalue weighted by Crippen LogP contribution is -2.47. The van der Waals surface area contributed by atoms with E-state index in [1.54, 1.807) is 4.90 Å². The largest absolute Gasteiger partial charge is 0.478 e. The molecule has 2 rings (SSSR count). The molecule has 21 heavy (non-hydrogen) atoms. The molecule has 1 saturated carbocycles. The fourth-order valence-electron chi connectivity index (χ4n) is 2.22. The maximum atomic E-state index is 12.2. The van der Waals surface area contributed by atoms with Crippen molar-refractivity contribution in [3.05, 3.63) is 28.8 Å². The minimum Gasteiger partial charge on any atom is -0.478 e. The molecule has 0 saturated heterocycles. The molecule has 1 fully saturated rings. The first kappa shape index (κ1) is 15.6. The van der Waals surface area contributed by atoms with E-state index in [0.717, 1.165) is 19.3 Å². The van der Waals surface area contributed by atoms with E-state index in [9.17, 15) is 9.59 Å². The number of carbonyl (C=O) groups is 2. The third-order valence-electron chi connectivity index (χ3n) is 3.57. The number of carboxylic acids is 1. The van der Waals surface area contributed by atoms with E-state index in [-0.39, 0.29) is 35.8 Å². The van der Waals surface area contributed by atoms with Gasteiger partial charge >= 0.3 is 12.0 Å². The second-order valence-corrected chi connectivity index (χ2v) is 5.34. The van der Waals surface area contributed by atoms with Crippen molar-refractivity contribution in [3.8, 4) is 0 Å². The van der Waals surface area contributed by atoms with Crippen LogP contribution in [0.4, 0.5) is 10.5 Å². The number of benzene rings is 1. The Bertz CT molecular complexity index is 546. The average molecular weight is 313 g/mol. The second-order valence-electron chi connectivity index (χ2n) is 4.93. The van der Waals surface area contributed by atoms with Crippen molar-refractivity contribution in [1.29, 1.82) is 0 Å². The number of rotatable bonds is 5. The van der Waals surface area contributed by atoms with Crippen LogP contribution in [0, 0.1) is 0 Å². The van der Waals surface area contributed by atoms with Gasteiger partial charge in [-0.05, 0) is 37.5 Å². The molecule has 0 unspecified atom stereocenters. The smallest absolute Gasteiger partial charge is 0.337 e. The third kappa shape index (κ3) is 3.65. The highest BCUT2D eigenvalue weighted by Crippen LogP contribution is 2.26. The number of aromatic carboxylic acids is 1. The number of nitrogens with one attached hydrogen (secondary N) is 1. The average Bonchev–Trinajstić information content (AvgIpc) is 2.35. The van der Waals surface area contributed by atoms with Crippen LogP contribution in [0.15, 0.2) is 18.2 Å². The van der Waals surface area contributed by atoms with Gasteiger partial charge in [-0.1, -0.05) is 11.6 Å². The summed E-state index contributed by atoms with van der Waals surface area (Å²) in [7, 11) is 0. The van der Waals surface area contributed by atoms with Crippen LogP contribution < -0.4 is 5.32 Å². The van der Waals surface area contributed by atoms with Gasteiger partial charge in [0, 0.05) is 18.3 Å². The van der Waals surface area contributed by atoms with Gasteiger partial charge in [-0.3, -0.25) is 0 Å². The number of carboxylic acid groups (broad SMARTS) is 1. The zero-order valence-corrected chi connectivity index (χ0v) is 12.1. The summed E-state index contributed by atoms with van der Waals surface area (Å²) < 4.78 is 0. The zero-order chi connectivity index (χ0) is 15.4. The van der Waals surface area contributed by atoms with Crippen molar-refractivity contribution in [2.24, 2.45) is 0 Å². The molecule has 0 bridgehead atoms. The summed E-state index contributed by atoms with van der Waals surface area (Å²) >= 11 is 5.86. The minimum atomic E-state index is -1.12. The first-order valence-corrected chi connectivity index (χ1v) is 7.12. The van der Waals surface area contributed by atoms with Crippen molar-refractivity contribution in [2.45, 2.75) is 25.3 Å². The number of hydrogen-bond acceptors (Lipinski definition) is 3. The van der Waals surface area contributed by atoms with Gasteiger partial charge in [-0.2, -0.15) is 0 Å². The molecular formula is C14H17ClN2O4. The number of nitrogens with zero attached hydrogens (tertiary/aromatic N) is 1. The van der Waals surface area contributed by atoms with Crippen LogP contribution in [0.2, 0.25) is 5.02 Å². The Labute approximate surface area is 127 Å². The number of amides is 2. The second kappa shape index (κ2) is 6.78. The van der Waals surface area contributed by atoms with E-state index < -0.39 is 5.97 Å². The molecule has 0 aliphatic heterocycles. The Morgan fingerprint density at radius 3 is 2.57 bits per heavy atom. The van der Waals surface area contributed by atoms with Crippen LogP contribution in [0.3, 0.4) is 0 Å². The summed E-state index contributed by atoms with van der Waals surface area (Å²) in [6.07, 6.45) is 2.96. The molecule has 1 aliphatic carbocycles. The highest BCUT2D eigenvalue weighted by atomic mass is 35.5. The fourth-order valence-corrected chi connectivity index (χ4v) is 2.48. The summed E-state index contributed by atoms with van der Waals surface area (Å²) in [6.45, 7) is 0.181. The number of carbonyl (C=O) groups excluding carboxylic acids is 1. The topological polar surface area (TPSA) is 89.9 Å². The third-order valence-corrected chi connectivity index (χ3v) is 3.88. The van der Waals surface area contributed by atoms with Gasteiger partial charge < -0.3 is 20.4 Å². The van der Waals surface area contributed by atoms with Gasteiger partial charge in [0.2, 0.25) is 0 Å². The van der Waals surface area contributed by atoms with E-state index >= 15 is 0 Å². The lowest BCUT2D eigenvalue weighted by Gasteiger charge is -2.37. The highest BCUT2D eigenvalue weighted by Gasteiger charge is 2.28. The molecule has 1 aliphatic rings. The van der Waals surface area contributed by atoms with E-state index in [1.807, 2.05) is 0 Å². The molecule has 114 valence electrons. The number of halogens is 1. The lowest BCUT2D eigenvalue weighted by atomic mass is 9.92. The first-order chi connectivity index (χ1) is 10.0. The van der Waals surface area contributed by atoms with E-state index in [1.165, 1.54) is 18.2 Å². The molecule has 6 nitrogen and oxygen atoms in total. The van der Waals surface area contributed by atoms with Crippen molar-refractivity contribution in [3.63, 3.8) is 0 Å². The fraction of sp³-hybridized carbons (Fsp3) is 0.429. The minimum absolute atomic E-state index is 0.0131. The molecule has 0 atom stereocenters. The molecule has 0 heterocycles. The highest BCUT2D eigenvalue weighted by molar-refractivity contribution is 6.33. The van der Waals surface area contributed by atoms with E-state index in [0.29, 0.717) is 5.69 Å². The molecule has 2 amide bonds. The summed E-state index contributed by atoms with van der Waals surface area (Å²) in [4.78, 5) is 24.7. The van der Waals surface area contributed by atoms with E-state index in [4.69, 9.17) is 21.8 Å². The lowest BCUT2D eigenvalue weighted by molar-refractivity contribution is 0.0697. The Hall–Kier alpha value is -1.79. The van der Waals surface area contributed by atoms with Crippen LogP contribution in [0.5, 0.6) is 0 Å². The quantitative estimate of drug-likeness (QED) is 0.779. The number of urea groups is 1.